The number of carboxylic acid groups (broad SMARTS) is 1. The van der Waals surface area contributed by atoms with E-state index in [2.05, 4.69) is 13.8 Å². The van der Waals surface area contributed by atoms with E-state index in [1.807, 2.05) is 0 Å². The second kappa shape index (κ2) is 26.0. The monoisotopic (exact) mass is 498 g/mol. The van der Waals surface area contributed by atoms with E-state index in [-0.39, 0.29) is 12.4 Å². The first-order valence-corrected chi connectivity index (χ1v) is 15.1. The highest BCUT2D eigenvalue weighted by molar-refractivity contribution is 5.69. The summed E-state index contributed by atoms with van der Waals surface area (Å²) in [5.41, 5.74) is 0. The van der Waals surface area contributed by atoms with Gasteiger partial charge in [0.05, 0.1) is 6.10 Å². The number of unbranched alkanes of at least 4 members (excludes halogenated alkanes) is 17. The number of carboxylic acids is 1. The lowest BCUT2D eigenvalue weighted by Crippen LogP contribution is -2.31. The molecule has 0 aromatic heterocycles. The first-order valence-electron chi connectivity index (χ1n) is 15.1. The first-order chi connectivity index (χ1) is 17.0. The van der Waals surface area contributed by atoms with Gasteiger partial charge in [-0.05, 0) is 32.1 Å². The predicted molar refractivity (Wildman–Crippen MR) is 146 cm³/mol. The highest BCUT2D eigenvalue weighted by atomic mass is 16.6. The van der Waals surface area contributed by atoms with Crippen molar-refractivity contribution in [2.24, 2.45) is 0 Å². The molecule has 2 N–H and O–H groups in total. The van der Waals surface area contributed by atoms with Crippen LogP contribution in [0.2, 0.25) is 0 Å². The molecule has 0 saturated heterocycles. The Morgan fingerprint density at radius 3 is 1.46 bits per heavy atom. The molecule has 2 unspecified atom stereocenters. The van der Waals surface area contributed by atoms with E-state index in [9.17, 15) is 14.7 Å². The Balaban J connectivity index is 4.21. The Labute approximate surface area is 216 Å². The molecule has 0 amide bonds. The summed E-state index contributed by atoms with van der Waals surface area (Å²) in [4.78, 5) is 23.1. The van der Waals surface area contributed by atoms with Gasteiger partial charge >= 0.3 is 11.9 Å². The van der Waals surface area contributed by atoms with Gasteiger partial charge < -0.3 is 14.9 Å². The van der Waals surface area contributed by atoms with Gasteiger partial charge in [-0.2, -0.15) is 0 Å². The topological polar surface area (TPSA) is 83.8 Å². The summed E-state index contributed by atoms with van der Waals surface area (Å²) < 4.78 is 5.77. The Bertz CT molecular complexity index is 479. The third kappa shape index (κ3) is 24.4. The molecule has 0 aromatic rings. The highest BCUT2D eigenvalue weighted by Crippen LogP contribution is 2.19. The lowest BCUT2D eigenvalue weighted by Gasteiger charge is -2.23. The number of rotatable bonds is 27. The number of aliphatic hydroxyl groups is 1. The van der Waals surface area contributed by atoms with Crippen molar-refractivity contribution in [2.75, 3.05) is 0 Å². The molecule has 0 fully saturated rings. The zero-order valence-corrected chi connectivity index (χ0v) is 23.2. The molecule has 0 heterocycles. The second-order valence-electron chi connectivity index (χ2n) is 10.4. The van der Waals surface area contributed by atoms with Crippen molar-refractivity contribution in [3.8, 4) is 0 Å². The quantitative estimate of drug-likeness (QED) is 0.0873. The fourth-order valence-corrected chi connectivity index (χ4v) is 4.61. The summed E-state index contributed by atoms with van der Waals surface area (Å²) >= 11 is 0. The van der Waals surface area contributed by atoms with Gasteiger partial charge in [0.2, 0.25) is 0 Å². The third-order valence-corrected chi connectivity index (χ3v) is 6.93. The van der Waals surface area contributed by atoms with Crippen molar-refractivity contribution in [3.05, 3.63) is 0 Å². The molecule has 0 aromatic carbocycles. The zero-order chi connectivity index (χ0) is 26.0. The smallest absolute Gasteiger partial charge is 0.306 e. The summed E-state index contributed by atoms with van der Waals surface area (Å²) in [6.07, 6.45) is 23.6. The fraction of sp³-hybridized carbons (Fsp3) is 0.933. The molecule has 0 bridgehead atoms. The lowest BCUT2D eigenvalue weighted by atomic mass is 9.99. The number of hydrogen-bond acceptors (Lipinski definition) is 4. The van der Waals surface area contributed by atoms with Gasteiger partial charge in [-0.3, -0.25) is 9.59 Å². The van der Waals surface area contributed by atoms with Crippen LogP contribution in [0.25, 0.3) is 0 Å². The van der Waals surface area contributed by atoms with Gasteiger partial charge in [0.1, 0.15) is 6.10 Å². The third-order valence-electron chi connectivity index (χ3n) is 6.93. The molecule has 0 saturated carbocycles. The van der Waals surface area contributed by atoms with Crippen LogP contribution in [0.1, 0.15) is 168 Å². The maximum Gasteiger partial charge on any atom is 0.306 e. The molecule has 35 heavy (non-hydrogen) atoms. The second-order valence-corrected chi connectivity index (χ2v) is 10.4. The number of ether oxygens (including phenoxy) is 1. The van der Waals surface area contributed by atoms with Crippen molar-refractivity contribution >= 4 is 11.9 Å². The molecule has 5 heteroatoms. The van der Waals surface area contributed by atoms with E-state index in [1.54, 1.807) is 0 Å². The Hall–Kier alpha value is -1.10. The minimum Gasteiger partial charge on any atom is -0.481 e. The largest absolute Gasteiger partial charge is 0.481 e. The van der Waals surface area contributed by atoms with E-state index in [1.165, 1.54) is 70.6 Å². The summed E-state index contributed by atoms with van der Waals surface area (Å²) in [5.74, 6) is -0.900. The summed E-state index contributed by atoms with van der Waals surface area (Å²) in [6, 6.07) is 0. The SMILES string of the molecule is CCCCCCCCCCCC(=O)OC(CCCCCCCC(=O)O)C(O)CCCCCCCC. The molecule has 0 radical (unpaired) electrons. The Kier molecular flexibility index (Phi) is 25.2. The minimum atomic E-state index is -0.734. The summed E-state index contributed by atoms with van der Waals surface area (Å²) in [6.45, 7) is 4.45. The summed E-state index contributed by atoms with van der Waals surface area (Å²) in [5, 5.41) is 19.5. The standard InChI is InChI=1S/C30H58O5/c1-3-5-7-9-11-12-13-18-22-26-30(34)35-28(24-20-16-14-17-21-25-29(32)33)27(31)23-19-15-10-8-6-4-2/h27-28,31H,3-26H2,1-2H3,(H,32,33). The van der Waals surface area contributed by atoms with Crippen LogP contribution in [-0.4, -0.2) is 34.4 Å². The van der Waals surface area contributed by atoms with E-state index < -0.39 is 18.2 Å². The normalized spacial score (nSPS) is 13.0. The number of esters is 1. The molecular weight excluding hydrogens is 440 g/mol. The maximum atomic E-state index is 12.5. The van der Waals surface area contributed by atoms with Crippen LogP contribution in [0.15, 0.2) is 0 Å². The van der Waals surface area contributed by atoms with Gasteiger partial charge in [-0.15, -0.1) is 0 Å². The van der Waals surface area contributed by atoms with E-state index in [0.29, 0.717) is 25.7 Å². The van der Waals surface area contributed by atoms with Crippen LogP contribution in [0.5, 0.6) is 0 Å². The van der Waals surface area contributed by atoms with E-state index >= 15 is 0 Å². The van der Waals surface area contributed by atoms with Gasteiger partial charge in [-0.1, -0.05) is 123 Å². The number of hydrogen-bond donors (Lipinski definition) is 2. The van der Waals surface area contributed by atoms with Crippen molar-refractivity contribution in [1.82, 2.24) is 0 Å². The molecular formula is C30H58O5. The molecule has 0 aliphatic heterocycles. The van der Waals surface area contributed by atoms with Crippen LogP contribution in [0.3, 0.4) is 0 Å². The number of aliphatic carboxylic acids is 1. The fourth-order valence-electron chi connectivity index (χ4n) is 4.61. The molecule has 0 spiro atoms. The van der Waals surface area contributed by atoms with Gasteiger partial charge in [-0.25, -0.2) is 0 Å². The van der Waals surface area contributed by atoms with E-state index in [4.69, 9.17) is 9.84 Å². The molecule has 0 rings (SSSR count). The molecule has 0 aliphatic rings. The lowest BCUT2D eigenvalue weighted by molar-refractivity contribution is -0.156. The van der Waals surface area contributed by atoms with Crippen molar-refractivity contribution in [3.63, 3.8) is 0 Å². The average Bonchev–Trinajstić information content (AvgIpc) is 2.83. The van der Waals surface area contributed by atoms with Crippen LogP contribution in [-0.2, 0) is 14.3 Å². The number of carbonyl (C=O) groups excluding carboxylic acids is 1. The maximum absolute atomic E-state index is 12.5. The Morgan fingerprint density at radius 1 is 0.571 bits per heavy atom. The van der Waals surface area contributed by atoms with Gasteiger partial charge in [0.25, 0.3) is 0 Å². The minimum absolute atomic E-state index is 0.165. The van der Waals surface area contributed by atoms with Gasteiger partial charge in [0, 0.05) is 12.8 Å². The molecule has 0 aliphatic carbocycles. The zero-order valence-electron chi connectivity index (χ0n) is 23.2. The first kappa shape index (κ1) is 33.9. The number of carbonyl (C=O) groups is 2. The van der Waals surface area contributed by atoms with Crippen LogP contribution >= 0.6 is 0 Å². The average molecular weight is 499 g/mol. The van der Waals surface area contributed by atoms with Crippen LogP contribution in [0, 0.1) is 0 Å². The molecule has 5 nitrogen and oxygen atoms in total. The van der Waals surface area contributed by atoms with Crippen molar-refractivity contribution in [2.45, 2.75) is 180 Å². The van der Waals surface area contributed by atoms with Crippen molar-refractivity contribution < 1.29 is 24.5 Å². The highest BCUT2D eigenvalue weighted by Gasteiger charge is 2.22. The predicted octanol–water partition coefficient (Wildman–Crippen LogP) is 8.75. The number of aliphatic hydroxyl groups excluding tert-OH is 1. The van der Waals surface area contributed by atoms with Gasteiger partial charge in [0.15, 0.2) is 0 Å². The van der Waals surface area contributed by atoms with Crippen LogP contribution < -0.4 is 0 Å². The van der Waals surface area contributed by atoms with E-state index in [0.717, 1.165) is 51.4 Å². The molecule has 208 valence electrons. The molecule has 2 atom stereocenters. The summed E-state index contributed by atoms with van der Waals surface area (Å²) in [7, 11) is 0. The Morgan fingerprint density at radius 2 is 0.971 bits per heavy atom. The van der Waals surface area contributed by atoms with Crippen LogP contribution in [0.4, 0.5) is 0 Å². The van der Waals surface area contributed by atoms with Crippen molar-refractivity contribution in [1.29, 1.82) is 0 Å².